The lowest BCUT2D eigenvalue weighted by atomic mass is 10.0. The summed E-state index contributed by atoms with van der Waals surface area (Å²) < 4.78 is 5.92. The van der Waals surface area contributed by atoms with Crippen LogP contribution in [0.1, 0.15) is 16.7 Å². The number of nitrogens with one attached hydrogen (secondary N) is 1. The van der Waals surface area contributed by atoms with Crippen LogP contribution in [-0.2, 0) is 16.2 Å². The third-order valence-corrected chi connectivity index (χ3v) is 5.45. The van der Waals surface area contributed by atoms with Crippen LogP contribution in [0.15, 0.2) is 78.4 Å². The predicted octanol–water partition coefficient (Wildman–Crippen LogP) is 4.89. The van der Waals surface area contributed by atoms with Gasteiger partial charge in [0.1, 0.15) is 17.9 Å². The molecule has 1 fully saturated rings. The number of carbonyl (C=O) groups is 3. The van der Waals surface area contributed by atoms with E-state index >= 15 is 0 Å². The summed E-state index contributed by atoms with van der Waals surface area (Å²) in [6.07, 6.45) is 1.43. The summed E-state index contributed by atoms with van der Waals surface area (Å²) in [5.41, 5.74) is 2.21. The van der Waals surface area contributed by atoms with Gasteiger partial charge in [0, 0.05) is 10.6 Å². The summed E-state index contributed by atoms with van der Waals surface area (Å²) in [4.78, 5) is 39.1. The Balaban J connectivity index is 1.67. The van der Waals surface area contributed by atoms with Crippen LogP contribution < -0.4 is 15.0 Å². The van der Waals surface area contributed by atoms with Gasteiger partial charge in [0.05, 0.1) is 5.69 Å². The number of imide groups is 2. The molecule has 32 heavy (non-hydrogen) atoms. The molecule has 160 valence electrons. The molecule has 3 aromatic rings. The highest BCUT2D eigenvalue weighted by molar-refractivity contribution is 6.40. The van der Waals surface area contributed by atoms with Gasteiger partial charge in [-0.15, -0.1) is 0 Å². The average Bonchev–Trinajstić information content (AvgIpc) is 2.79. The number of urea groups is 1. The molecule has 6 nitrogen and oxygen atoms in total. The fourth-order valence-electron chi connectivity index (χ4n) is 3.34. The molecule has 0 aliphatic carbocycles. The summed E-state index contributed by atoms with van der Waals surface area (Å²) in [6.45, 7) is 2.03. The second kappa shape index (κ2) is 9.08. The Hall–Kier alpha value is -3.90. The van der Waals surface area contributed by atoms with Gasteiger partial charge in [0.15, 0.2) is 0 Å². The van der Waals surface area contributed by atoms with Gasteiger partial charge < -0.3 is 4.74 Å². The van der Waals surface area contributed by atoms with Crippen molar-refractivity contribution in [2.45, 2.75) is 13.5 Å². The Labute approximate surface area is 190 Å². The molecule has 0 saturated carbocycles. The molecular weight excluding hydrogens is 428 g/mol. The number of anilines is 1. The molecule has 0 bridgehead atoms. The number of carbonyl (C=O) groups excluding carboxylic acids is 3. The molecule has 0 aromatic heterocycles. The highest BCUT2D eigenvalue weighted by Crippen LogP contribution is 2.30. The molecule has 0 radical (unpaired) electrons. The van der Waals surface area contributed by atoms with Crippen LogP contribution in [0, 0.1) is 6.92 Å². The Kier molecular flexibility index (Phi) is 6.05. The minimum Gasteiger partial charge on any atom is -0.488 e. The lowest BCUT2D eigenvalue weighted by molar-refractivity contribution is -0.122. The van der Waals surface area contributed by atoms with Crippen LogP contribution in [0.25, 0.3) is 6.08 Å². The zero-order valence-electron chi connectivity index (χ0n) is 17.2. The second-order valence-electron chi connectivity index (χ2n) is 7.15. The van der Waals surface area contributed by atoms with Crippen molar-refractivity contribution in [3.05, 3.63) is 100 Å². The molecule has 0 spiro atoms. The predicted molar refractivity (Wildman–Crippen MR) is 122 cm³/mol. The van der Waals surface area contributed by atoms with Gasteiger partial charge in [-0.25, -0.2) is 9.69 Å². The lowest BCUT2D eigenvalue weighted by Crippen LogP contribution is -2.54. The number of benzene rings is 3. The van der Waals surface area contributed by atoms with Gasteiger partial charge in [-0.1, -0.05) is 66.2 Å². The van der Waals surface area contributed by atoms with Crippen LogP contribution in [0.5, 0.6) is 5.75 Å². The smallest absolute Gasteiger partial charge is 0.335 e. The van der Waals surface area contributed by atoms with Crippen LogP contribution in [0.4, 0.5) is 10.5 Å². The Bertz CT molecular complexity index is 1240. The van der Waals surface area contributed by atoms with E-state index in [1.54, 1.807) is 49.4 Å². The Morgan fingerprint density at radius 3 is 2.44 bits per heavy atom. The summed E-state index contributed by atoms with van der Waals surface area (Å²) in [6, 6.07) is 20.8. The molecule has 3 aromatic carbocycles. The Morgan fingerprint density at radius 1 is 0.938 bits per heavy atom. The first-order valence-electron chi connectivity index (χ1n) is 9.88. The highest BCUT2D eigenvalue weighted by Gasteiger charge is 2.37. The number of hydrogen-bond donors (Lipinski definition) is 1. The molecule has 1 saturated heterocycles. The summed E-state index contributed by atoms with van der Waals surface area (Å²) in [7, 11) is 0. The van der Waals surface area contributed by atoms with Gasteiger partial charge in [0.25, 0.3) is 11.8 Å². The van der Waals surface area contributed by atoms with Crippen molar-refractivity contribution in [2.75, 3.05) is 4.90 Å². The quantitative estimate of drug-likeness (QED) is 0.447. The first-order valence-corrected chi connectivity index (χ1v) is 10.3. The van der Waals surface area contributed by atoms with Crippen molar-refractivity contribution in [1.29, 1.82) is 0 Å². The third-order valence-electron chi connectivity index (χ3n) is 5.04. The number of barbiturate groups is 1. The fraction of sp³-hybridized carbons (Fsp3) is 0.0800. The molecule has 0 atom stereocenters. The van der Waals surface area contributed by atoms with Crippen molar-refractivity contribution >= 4 is 41.2 Å². The van der Waals surface area contributed by atoms with Crippen molar-refractivity contribution in [2.24, 2.45) is 0 Å². The van der Waals surface area contributed by atoms with Crippen LogP contribution in [0.2, 0.25) is 5.02 Å². The molecule has 7 heteroatoms. The SMILES string of the molecule is Cc1c(Cl)cccc1N1C(=O)NC(=O)/C(=C\c2ccccc2OCc2ccccc2)C1=O. The molecule has 1 N–H and O–H groups in total. The second-order valence-corrected chi connectivity index (χ2v) is 7.56. The largest absolute Gasteiger partial charge is 0.488 e. The van der Waals surface area contributed by atoms with Crippen LogP contribution in [-0.4, -0.2) is 17.8 Å². The normalized spacial score (nSPS) is 15.1. The number of para-hydroxylation sites is 1. The molecule has 1 aliphatic heterocycles. The summed E-state index contributed by atoms with van der Waals surface area (Å²) in [5, 5.41) is 2.64. The minimum absolute atomic E-state index is 0.181. The van der Waals surface area contributed by atoms with E-state index in [2.05, 4.69) is 5.32 Å². The van der Waals surface area contributed by atoms with Crippen molar-refractivity contribution in [1.82, 2.24) is 5.32 Å². The Morgan fingerprint density at radius 2 is 1.66 bits per heavy atom. The molecule has 1 heterocycles. The lowest BCUT2D eigenvalue weighted by Gasteiger charge is -2.27. The van der Waals surface area contributed by atoms with E-state index < -0.39 is 17.8 Å². The fourth-order valence-corrected chi connectivity index (χ4v) is 3.51. The summed E-state index contributed by atoms with van der Waals surface area (Å²) >= 11 is 6.16. The summed E-state index contributed by atoms with van der Waals surface area (Å²) in [5.74, 6) is -0.998. The minimum atomic E-state index is -0.823. The first-order chi connectivity index (χ1) is 15.5. The van der Waals surface area contributed by atoms with Crippen molar-refractivity contribution in [3.63, 3.8) is 0 Å². The maximum Gasteiger partial charge on any atom is 0.335 e. The number of hydrogen-bond acceptors (Lipinski definition) is 4. The molecule has 4 rings (SSSR count). The zero-order valence-corrected chi connectivity index (χ0v) is 17.9. The topological polar surface area (TPSA) is 75.7 Å². The van der Waals surface area contributed by atoms with Gasteiger partial charge in [-0.2, -0.15) is 0 Å². The van der Waals surface area contributed by atoms with Crippen LogP contribution >= 0.6 is 11.6 Å². The van der Waals surface area contributed by atoms with Gasteiger partial charge in [-0.3, -0.25) is 14.9 Å². The van der Waals surface area contributed by atoms with E-state index in [1.807, 2.05) is 30.3 Å². The van der Waals surface area contributed by atoms with E-state index in [9.17, 15) is 14.4 Å². The standard InChI is InChI=1S/C25H19ClN2O4/c1-16-20(26)11-7-12-21(16)28-24(30)19(23(29)27-25(28)31)14-18-10-5-6-13-22(18)32-15-17-8-3-2-4-9-17/h2-14H,15H2,1H3,(H,27,29,31)/b19-14+. The van der Waals surface area contributed by atoms with E-state index in [0.29, 0.717) is 34.2 Å². The maximum atomic E-state index is 13.2. The van der Waals surface area contributed by atoms with Crippen molar-refractivity contribution < 1.29 is 19.1 Å². The monoisotopic (exact) mass is 446 g/mol. The van der Waals surface area contributed by atoms with Gasteiger partial charge in [-0.05, 0) is 42.3 Å². The molecule has 4 amide bonds. The highest BCUT2D eigenvalue weighted by atomic mass is 35.5. The van der Waals surface area contributed by atoms with E-state index in [0.717, 1.165) is 10.5 Å². The maximum absolute atomic E-state index is 13.2. The van der Waals surface area contributed by atoms with Crippen LogP contribution in [0.3, 0.4) is 0 Å². The number of rotatable bonds is 5. The van der Waals surface area contributed by atoms with Gasteiger partial charge in [0.2, 0.25) is 0 Å². The number of ether oxygens (including phenoxy) is 1. The van der Waals surface area contributed by atoms with Gasteiger partial charge >= 0.3 is 6.03 Å². The third kappa shape index (κ3) is 4.26. The van der Waals surface area contributed by atoms with E-state index in [1.165, 1.54) is 6.08 Å². The van der Waals surface area contributed by atoms with E-state index in [-0.39, 0.29) is 5.57 Å². The molecule has 1 aliphatic rings. The average molecular weight is 447 g/mol. The van der Waals surface area contributed by atoms with E-state index in [4.69, 9.17) is 16.3 Å². The van der Waals surface area contributed by atoms with Crippen molar-refractivity contribution in [3.8, 4) is 5.75 Å². The first kappa shape index (κ1) is 21.3. The zero-order chi connectivity index (χ0) is 22.7. The molecular formula is C25H19ClN2O4. The number of halogens is 1. The number of nitrogens with zero attached hydrogens (tertiary/aromatic N) is 1. The number of amides is 4. The molecule has 0 unspecified atom stereocenters.